The van der Waals surface area contributed by atoms with Crippen molar-refractivity contribution in [2.45, 2.75) is 13.0 Å². The first-order chi connectivity index (χ1) is 15.8. The molecule has 1 aliphatic heterocycles. The molecule has 0 saturated carbocycles. The lowest BCUT2D eigenvalue weighted by Crippen LogP contribution is -2.31. The Balaban J connectivity index is 1.67. The Morgan fingerprint density at radius 2 is 1.79 bits per heavy atom. The van der Waals surface area contributed by atoms with Gasteiger partial charge in [0.05, 0.1) is 11.6 Å². The number of fused-ring (bicyclic) bond motifs is 1. The molecule has 0 spiro atoms. The molecule has 0 radical (unpaired) electrons. The molecule has 1 amide bonds. The van der Waals surface area contributed by atoms with Crippen molar-refractivity contribution in [1.82, 2.24) is 0 Å². The van der Waals surface area contributed by atoms with Crippen LogP contribution >= 0.6 is 15.9 Å². The molecule has 1 aliphatic rings. The largest absolute Gasteiger partial charge is 0.503 e. The average Bonchev–Trinajstić information content (AvgIpc) is 3.33. The molecule has 0 saturated heterocycles. The summed E-state index contributed by atoms with van der Waals surface area (Å²) in [6.45, 7) is 1.90. The summed E-state index contributed by atoms with van der Waals surface area (Å²) in [5.41, 5.74) is 1.74. The van der Waals surface area contributed by atoms with Crippen molar-refractivity contribution < 1.29 is 23.5 Å². The molecule has 4 aromatic rings. The number of Topliss-reactive ketones (excluding diaryl/α,β-unsaturated/α-hetero) is 1. The first-order valence-corrected chi connectivity index (χ1v) is 11.0. The molecule has 33 heavy (non-hydrogen) atoms. The Morgan fingerprint density at radius 3 is 2.52 bits per heavy atom. The van der Waals surface area contributed by atoms with E-state index in [9.17, 15) is 19.1 Å². The number of nitrogens with zero attached hydrogens (tertiary/aromatic N) is 1. The summed E-state index contributed by atoms with van der Waals surface area (Å²) in [5.74, 6) is -2.84. The van der Waals surface area contributed by atoms with Crippen molar-refractivity contribution in [3.63, 3.8) is 0 Å². The molecule has 0 bridgehead atoms. The van der Waals surface area contributed by atoms with Crippen LogP contribution in [0.25, 0.3) is 11.0 Å². The van der Waals surface area contributed by atoms with Gasteiger partial charge in [0.1, 0.15) is 11.4 Å². The van der Waals surface area contributed by atoms with Gasteiger partial charge in [-0.15, -0.1) is 0 Å². The maximum absolute atomic E-state index is 14.9. The van der Waals surface area contributed by atoms with Crippen molar-refractivity contribution in [2.75, 3.05) is 4.90 Å². The van der Waals surface area contributed by atoms with Crippen molar-refractivity contribution in [1.29, 1.82) is 0 Å². The maximum atomic E-state index is 14.9. The fraction of sp³-hybridized carbons (Fsp3) is 0.0769. The molecule has 7 heteroatoms. The van der Waals surface area contributed by atoms with Crippen LogP contribution in [0.5, 0.6) is 0 Å². The lowest BCUT2D eigenvalue weighted by atomic mass is 9.94. The highest BCUT2D eigenvalue weighted by atomic mass is 79.9. The number of carbonyl (C=O) groups excluding carboxylic acids is 2. The zero-order valence-corrected chi connectivity index (χ0v) is 19.0. The maximum Gasteiger partial charge on any atom is 0.294 e. The molecule has 0 fully saturated rings. The van der Waals surface area contributed by atoms with E-state index in [1.54, 1.807) is 54.6 Å². The van der Waals surface area contributed by atoms with Crippen LogP contribution < -0.4 is 4.90 Å². The van der Waals surface area contributed by atoms with E-state index in [-0.39, 0.29) is 16.9 Å². The Hall–Kier alpha value is -3.71. The number of anilines is 1. The summed E-state index contributed by atoms with van der Waals surface area (Å²) in [6, 6.07) is 18.5. The predicted octanol–water partition coefficient (Wildman–Crippen LogP) is 6.43. The SMILES string of the molecule is Cc1ccc(N2C(=O)C(O)=C(C(=O)c3cc4cc(Br)ccc4o3)C2c2ccccc2F)cc1. The van der Waals surface area contributed by atoms with Gasteiger partial charge in [0.15, 0.2) is 11.5 Å². The fourth-order valence-corrected chi connectivity index (χ4v) is 4.44. The molecule has 5 rings (SSSR count). The Labute approximate surface area is 196 Å². The van der Waals surface area contributed by atoms with Crippen LogP contribution in [0.2, 0.25) is 0 Å². The number of furan rings is 1. The lowest BCUT2D eigenvalue weighted by Gasteiger charge is -2.27. The molecule has 1 N–H and O–H groups in total. The monoisotopic (exact) mass is 505 g/mol. The molecular weight excluding hydrogens is 489 g/mol. The summed E-state index contributed by atoms with van der Waals surface area (Å²) >= 11 is 3.38. The smallest absolute Gasteiger partial charge is 0.294 e. The van der Waals surface area contributed by atoms with E-state index < -0.39 is 29.3 Å². The lowest BCUT2D eigenvalue weighted by molar-refractivity contribution is -0.117. The minimum absolute atomic E-state index is 0.0513. The van der Waals surface area contributed by atoms with E-state index >= 15 is 0 Å². The summed E-state index contributed by atoms with van der Waals surface area (Å²) < 4.78 is 21.4. The number of ketones is 1. The zero-order valence-electron chi connectivity index (χ0n) is 17.4. The molecule has 2 heterocycles. The number of halogens is 2. The molecule has 1 atom stereocenters. The summed E-state index contributed by atoms with van der Waals surface area (Å²) in [6.07, 6.45) is 0. The second-order valence-electron chi connectivity index (χ2n) is 7.82. The number of carbonyl (C=O) groups is 2. The fourth-order valence-electron chi connectivity index (χ4n) is 4.06. The van der Waals surface area contributed by atoms with Gasteiger partial charge in [-0.2, -0.15) is 0 Å². The third-order valence-electron chi connectivity index (χ3n) is 5.67. The third-order valence-corrected chi connectivity index (χ3v) is 6.16. The molecular formula is C26H17BrFNO4. The normalized spacial score (nSPS) is 16.2. The van der Waals surface area contributed by atoms with Gasteiger partial charge in [-0.25, -0.2) is 4.39 Å². The van der Waals surface area contributed by atoms with E-state index in [0.717, 1.165) is 10.0 Å². The third kappa shape index (κ3) is 3.54. The van der Waals surface area contributed by atoms with Gasteiger partial charge in [0.2, 0.25) is 5.78 Å². The summed E-state index contributed by atoms with van der Waals surface area (Å²) in [7, 11) is 0. The first-order valence-electron chi connectivity index (χ1n) is 10.2. The number of aliphatic hydroxyl groups excluding tert-OH is 1. The Bertz CT molecular complexity index is 1450. The quantitative estimate of drug-likeness (QED) is 0.324. The summed E-state index contributed by atoms with van der Waals surface area (Å²) in [4.78, 5) is 27.9. The van der Waals surface area contributed by atoms with Crippen LogP contribution in [0.15, 0.2) is 93.0 Å². The first kappa shape index (κ1) is 21.2. The minimum atomic E-state index is -1.16. The molecule has 164 valence electrons. The predicted molar refractivity (Wildman–Crippen MR) is 126 cm³/mol. The van der Waals surface area contributed by atoms with E-state index in [2.05, 4.69) is 15.9 Å². The Morgan fingerprint density at radius 1 is 1.06 bits per heavy atom. The molecule has 5 nitrogen and oxygen atoms in total. The van der Waals surface area contributed by atoms with Crippen LogP contribution in [-0.4, -0.2) is 16.8 Å². The van der Waals surface area contributed by atoms with Gasteiger partial charge in [0, 0.05) is 21.1 Å². The second-order valence-corrected chi connectivity index (χ2v) is 8.73. The van der Waals surface area contributed by atoms with E-state index in [1.165, 1.54) is 23.1 Å². The van der Waals surface area contributed by atoms with E-state index in [1.807, 2.05) is 6.92 Å². The number of rotatable bonds is 4. The number of aryl methyl sites for hydroxylation is 1. The second kappa shape index (κ2) is 8.01. The van der Waals surface area contributed by atoms with Crippen molar-refractivity contribution in [3.05, 3.63) is 111 Å². The number of benzene rings is 3. The molecule has 3 aromatic carbocycles. The summed E-state index contributed by atoms with van der Waals surface area (Å²) in [5, 5.41) is 11.5. The molecule has 0 aliphatic carbocycles. The minimum Gasteiger partial charge on any atom is -0.503 e. The highest BCUT2D eigenvalue weighted by Gasteiger charge is 2.46. The average molecular weight is 506 g/mol. The van der Waals surface area contributed by atoms with Crippen LogP contribution in [0, 0.1) is 12.7 Å². The standard InChI is InChI=1S/C26H17BrFNO4/c1-14-6-9-17(10-7-14)29-23(18-4-2-3-5-19(18)28)22(25(31)26(29)32)24(30)21-13-15-12-16(27)8-11-20(15)33-21/h2-13,23,31H,1H3. The van der Waals surface area contributed by atoms with E-state index in [4.69, 9.17) is 4.42 Å². The number of amides is 1. The Kier molecular flexibility index (Phi) is 5.13. The van der Waals surface area contributed by atoms with Crippen molar-refractivity contribution in [3.8, 4) is 0 Å². The van der Waals surface area contributed by atoms with Crippen LogP contribution in [0.4, 0.5) is 10.1 Å². The van der Waals surface area contributed by atoms with Gasteiger partial charge < -0.3 is 9.52 Å². The van der Waals surface area contributed by atoms with E-state index in [0.29, 0.717) is 16.7 Å². The number of aliphatic hydroxyl groups is 1. The molecule has 1 unspecified atom stereocenters. The number of hydrogen-bond acceptors (Lipinski definition) is 4. The van der Waals surface area contributed by atoms with Gasteiger partial charge in [0.25, 0.3) is 5.91 Å². The van der Waals surface area contributed by atoms with Crippen molar-refractivity contribution >= 4 is 44.3 Å². The number of hydrogen-bond donors (Lipinski definition) is 1. The molecule has 1 aromatic heterocycles. The van der Waals surface area contributed by atoms with Gasteiger partial charge >= 0.3 is 0 Å². The van der Waals surface area contributed by atoms with Crippen LogP contribution in [-0.2, 0) is 4.79 Å². The van der Waals surface area contributed by atoms with Gasteiger partial charge in [-0.1, -0.05) is 51.8 Å². The van der Waals surface area contributed by atoms with Crippen molar-refractivity contribution in [2.24, 2.45) is 0 Å². The topological polar surface area (TPSA) is 70.8 Å². The highest BCUT2D eigenvalue weighted by molar-refractivity contribution is 9.10. The zero-order chi connectivity index (χ0) is 23.3. The van der Waals surface area contributed by atoms with Crippen LogP contribution in [0.1, 0.15) is 27.7 Å². The van der Waals surface area contributed by atoms with Crippen LogP contribution in [0.3, 0.4) is 0 Å². The van der Waals surface area contributed by atoms with Gasteiger partial charge in [-0.3, -0.25) is 14.5 Å². The van der Waals surface area contributed by atoms with Gasteiger partial charge in [-0.05, 0) is 49.4 Å². The highest BCUT2D eigenvalue weighted by Crippen LogP contribution is 2.43.